The smallest absolute Gasteiger partial charge is 0.117 e. The van der Waals surface area contributed by atoms with Crippen molar-refractivity contribution >= 4 is 23.0 Å². The summed E-state index contributed by atoms with van der Waals surface area (Å²) in [6.45, 7) is 4.72. The van der Waals surface area contributed by atoms with Crippen LogP contribution in [0.5, 0.6) is 0 Å². The lowest BCUT2D eigenvalue weighted by Gasteiger charge is -2.14. The van der Waals surface area contributed by atoms with Gasteiger partial charge in [0, 0.05) is 6.61 Å². The first-order valence-electron chi connectivity index (χ1n) is 6.33. The van der Waals surface area contributed by atoms with Crippen LogP contribution in [0.25, 0.3) is 0 Å². The van der Waals surface area contributed by atoms with Crippen LogP contribution >= 0.6 is 23.0 Å². The molecule has 0 aliphatic rings. The Labute approximate surface area is 124 Å². The van der Waals surface area contributed by atoms with Crippen LogP contribution in [0.3, 0.4) is 0 Å². The monoisotopic (exact) mass is 364 g/mol. The van der Waals surface area contributed by atoms with Crippen molar-refractivity contribution in [2.45, 2.75) is 32.5 Å². The van der Waals surface area contributed by atoms with Gasteiger partial charge in [-0.3, -0.25) is 0 Å². The van der Waals surface area contributed by atoms with Gasteiger partial charge in [-0.2, -0.15) is 0 Å². The third-order valence-corrected chi connectivity index (χ3v) is 3.21. The minimum atomic E-state index is 0.00571. The highest BCUT2D eigenvalue weighted by atomic mass is 127. The second-order valence-electron chi connectivity index (χ2n) is 4.14. The minimum absolute atomic E-state index is 0.00571. The molecule has 0 aliphatic carbocycles. The Morgan fingerprint density at radius 3 is 2.50 bits per heavy atom. The Hall–Kier alpha value is -0.170. The first-order valence-corrected chi connectivity index (χ1v) is 7.21. The van der Waals surface area contributed by atoms with Crippen molar-refractivity contribution in [2.75, 3.05) is 19.8 Å². The molecule has 0 aromatic heterocycles. The highest BCUT2D eigenvalue weighted by Crippen LogP contribution is 2.05. The molecular formula is C14H21IO3. The number of benzene rings is 1. The number of rotatable bonds is 10. The van der Waals surface area contributed by atoms with Crippen LogP contribution in [0.2, 0.25) is 0 Å². The van der Waals surface area contributed by atoms with Crippen molar-refractivity contribution in [3.8, 4) is 0 Å². The van der Waals surface area contributed by atoms with Gasteiger partial charge in [-0.15, -0.1) is 0 Å². The Bertz CT molecular complexity index is 292. The average Bonchev–Trinajstić information content (AvgIpc) is 2.42. The minimum Gasteiger partial charge on any atom is -0.379 e. The maximum atomic E-state index is 5.62. The molecule has 0 aliphatic heterocycles. The van der Waals surface area contributed by atoms with Gasteiger partial charge >= 0.3 is 0 Å². The summed E-state index contributed by atoms with van der Waals surface area (Å²) < 4.78 is 16.4. The molecule has 0 spiro atoms. The molecule has 1 rings (SSSR count). The van der Waals surface area contributed by atoms with Crippen molar-refractivity contribution in [2.24, 2.45) is 0 Å². The normalized spacial score (nSPS) is 12.6. The van der Waals surface area contributed by atoms with E-state index in [4.69, 9.17) is 12.5 Å². The van der Waals surface area contributed by atoms with Crippen LogP contribution in [-0.2, 0) is 19.1 Å². The predicted molar refractivity (Wildman–Crippen MR) is 80.7 cm³/mol. The Morgan fingerprint density at radius 2 is 1.83 bits per heavy atom. The van der Waals surface area contributed by atoms with E-state index in [0.717, 1.165) is 19.4 Å². The van der Waals surface area contributed by atoms with Crippen LogP contribution in [0.4, 0.5) is 0 Å². The summed E-state index contributed by atoms with van der Waals surface area (Å²) in [7, 11) is 0. The summed E-state index contributed by atoms with van der Waals surface area (Å²) in [6.07, 6.45) is 2.25. The first-order chi connectivity index (χ1) is 8.86. The fourth-order valence-electron chi connectivity index (χ4n) is 1.44. The first kappa shape index (κ1) is 15.9. The van der Waals surface area contributed by atoms with Gasteiger partial charge in [0.1, 0.15) is 29.1 Å². The van der Waals surface area contributed by atoms with Gasteiger partial charge in [0.25, 0.3) is 0 Å². The third kappa shape index (κ3) is 7.31. The molecule has 0 heterocycles. The zero-order chi connectivity index (χ0) is 13.1. The molecule has 3 nitrogen and oxygen atoms in total. The second kappa shape index (κ2) is 10.7. The molecule has 1 atom stereocenters. The standard InChI is InChI=1S/C14H21IO3/c1-2-3-9-16-11-14(18-15)12-17-10-13-7-5-4-6-8-13/h4-8,14H,2-3,9-12H2,1H3. The fraction of sp³-hybridized carbons (Fsp3) is 0.571. The van der Waals surface area contributed by atoms with Gasteiger partial charge < -0.3 is 12.5 Å². The Kier molecular flexibility index (Phi) is 9.47. The quantitative estimate of drug-likeness (QED) is 0.468. The van der Waals surface area contributed by atoms with E-state index < -0.39 is 0 Å². The highest BCUT2D eigenvalue weighted by Gasteiger charge is 2.08. The number of unbranched alkanes of at least 4 members (excludes halogenated alkanes) is 1. The van der Waals surface area contributed by atoms with Gasteiger partial charge in [0.05, 0.1) is 19.8 Å². The van der Waals surface area contributed by atoms with Crippen molar-refractivity contribution < 1.29 is 12.5 Å². The summed E-state index contributed by atoms with van der Waals surface area (Å²) in [6, 6.07) is 10.1. The molecule has 0 saturated heterocycles. The SMILES string of the molecule is CCCCOCC(COCc1ccccc1)OI. The van der Waals surface area contributed by atoms with Gasteiger partial charge in [-0.05, 0) is 12.0 Å². The van der Waals surface area contributed by atoms with Gasteiger partial charge in [-0.25, -0.2) is 0 Å². The molecule has 0 bridgehead atoms. The van der Waals surface area contributed by atoms with E-state index in [9.17, 15) is 0 Å². The molecule has 102 valence electrons. The average molecular weight is 364 g/mol. The number of hydrogen-bond donors (Lipinski definition) is 0. The molecule has 0 amide bonds. The van der Waals surface area contributed by atoms with Crippen LogP contribution < -0.4 is 0 Å². The molecule has 18 heavy (non-hydrogen) atoms. The largest absolute Gasteiger partial charge is 0.379 e. The number of halogens is 1. The molecule has 0 N–H and O–H groups in total. The van der Waals surface area contributed by atoms with Crippen molar-refractivity contribution in [1.82, 2.24) is 0 Å². The molecule has 0 saturated carbocycles. The zero-order valence-electron chi connectivity index (χ0n) is 10.8. The van der Waals surface area contributed by atoms with E-state index in [1.54, 1.807) is 0 Å². The van der Waals surface area contributed by atoms with Crippen LogP contribution in [0.1, 0.15) is 25.3 Å². The van der Waals surface area contributed by atoms with E-state index in [-0.39, 0.29) is 6.10 Å². The van der Waals surface area contributed by atoms with Crippen LogP contribution in [-0.4, -0.2) is 25.9 Å². The molecule has 1 unspecified atom stereocenters. The second-order valence-corrected chi connectivity index (χ2v) is 4.65. The van der Waals surface area contributed by atoms with Crippen molar-refractivity contribution in [3.63, 3.8) is 0 Å². The van der Waals surface area contributed by atoms with Crippen molar-refractivity contribution in [3.05, 3.63) is 35.9 Å². The van der Waals surface area contributed by atoms with E-state index in [1.807, 2.05) is 41.2 Å². The predicted octanol–water partition coefficient (Wildman–Crippen LogP) is 3.76. The highest BCUT2D eigenvalue weighted by molar-refractivity contribution is 14.1. The lowest BCUT2D eigenvalue weighted by atomic mass is 10.2. The van der Waals surface area contributed by atoms with Crippen LogP contribution in [0.15, 0.2) is 30.3 Å². The van der Waals surface area contributed by atoms with E-state index >= 15 is 0 Å². The maximum Gasteiger partial charge on any atom is 0.117 e. The Balaban J connectivity index is 2.11. The fourth-order valence-corrected chi connectivity index (χ4v) is 1.74. The molecule has 1 aromatic rings. The summed E-state index contributed by atoms with van der Waals surface area (Å²) in [4.78, 5) is 0. The van der Waals surface area contributed by atoms with E-state index in [2.05, 4.69) is 19.1 Å². The van der Waals surface area contributed by atoms with E-state index in [0.29, 0.717) is 19.8 Å². The topological polar surface area (TPSA) is 27.7 Å². The number of ether oxygens (including phenoxy) is 2. The molecule has 0 fully saturated rings. The number of hydrogen-bond acceptors (Lipinski definition) is 3. The molecule has 0 radical (unpaired) electrons. The lowest BCUT2D eigenvalue weighted by Crippen LogP contribution is -2.22. The molecular weight excluding hydrogens is 343 g/mol. The molecule has 1 aromatic carbocycles. The van der Waals surface area contributed by atoms with Gasteiger partial charge in [-0.1, -0.05) is 43.7 Å². The summed E-state index contributed by atoms with van der Waals surface area (Å²) >= 11 is 1.90. The van der Waals surface area contributed by atoms with Gasteiger partial charge in [0.2, 0.25) is 0 Å². The molecule has 4 heteroatoms. The third-order valence-electron chi connectivity index (χ3n) is 2.49. The maximum absolute atomic E-state index is 5.62. The zero-order valence-corrected chi connectivity index (χ0v) is 13.0. The summed E-state index contributed by atoms with van der Waals surface area (Å²) in [5.41, 5.74) is 1.18. The summed E-state index contributed by atoms with van der Waals surface area (Å²) in [5, 5.41) is 0. The van der Waals surface area contributed by atoms with Crippen molar-refractivity contribution in [1.29, 1.82) is 0 Å². The summed E-state index contributed by atoms with van der Waals surface area (Å²) in [5.74, 6) is 0. The van der Waals surface area contributed by atoms with Crippen LogP contribution in [0, 0.1) is 0 Å². The lowest BCUT2D eigenvalue weighted by molar-refractivity contribution is 0.00534. The Morgan fingerprint density at radius 1 is 1.11 bits per heavy atom. The van der Waals surface area contributed by atoms with Gasteiger partial charge in [0.15, 0.2) is 0 Å². The van der Waals surface area contributed by atoms with E-state index in [1.165, 1.54) is 5.56 Å².